The summed E-state index contributed by atoms with van der Waals surface area (Å²) in [6, 6.07) is 12.9. The highest BCUT2D eigenvalue weighted by atomic mass is 79.9. The fourth-order valence-corrected chi connectivity index (χ4v) is 6.06. The molecular formula is C27H24BrN3O5S. The number of phenolic OH excluding ortho intramolecular Hbond substituents is 1. The Morgan fingerprint density at radius 3 is 2.57 bits per heavy atom. The molecule has 0 spiro atoms. The van der Waals surface area contributed by atoms with Crippen LogP contribution in [0.3, 0.4) is 0 Å². The van der Waals surface area contributed by atoms with Gasteiger partial charge in [0.1, 0.15) is 17.8 Å². The SMILES string of the molecule is O=C(N[C@@H](Cc1ccc(O)cc1)C(=O)N1CC[C@@H]2[C@H]1C(=O)CN2C(=O)c1ccsc1)c1cccc(Br)c1. The number of rotatable bonds is 6. The quantitative estimate of drug-likeness (QED) is 0.464. The predicted molar refractivity (Wildman–Crippen MR) is 141 cm³/mol. The van der Waals surface area contributed by atoms with Gasteiger partial charge in [-0.1, -0.05) is 34.1 Å². The minimum absolute atomic E-state index is 0.0408. The van der Waals surface area contributed by atoms with Crippen molar-refractivity contribution in [3.8, 4) is 5.75 Å². The molecule has 2 saturated heterocycles. The number of ketones is 1. The molecule has 0 bridgehead atoms. The van der Waals surface area contributed by atoms with Gasteiger partial charge in [-0.25, -0.2) is 0 Å². The van der Waals surface area contributed by atoms with E-state index in [1.54, 1.807) is 52.7 Å². The average molecular weight is 582 g/mol. The van der Waals surface area contributed by atoms with Crippen LogP contribution in [0, 0.1) is 0 Å². The molecule has 0 unspecified atom stereocenters. The number of amides is 3. The summed E-state index contributed by atoms with van der Waals surface area (Å²) in [6.45, 7) is 0.271. The first-order valence-electron chi connectivity index (χ1n) is 11.8. The van der Waals surface area contributed by atoms with E-state index in [9.17, 15) is 24.3 Å². The molecule has 190 valence electrons. The first-order chi connectivity index (χ1) is 17.8. The second-order valence-electron chi connectivity index (χ2n) is 9.15. The number of phenols is 1. The highest BCUT2D eigenvalue weighted by Crippen LogP contribution is 2.32. The number of carbonyl (C=O) groups is 4. The third kappa shape index (κ3) is 5.17. The number of carbonyl (C=O) groups excluding carboxylic acids is 4. The molecule has 1 aromatic heterocycles. The Labute approximate surface area is 226 Å². The van der Waals surface area contributed by atoms with Crippen molar-refractivity contribution in [2.24, 2.45) is 0 Å². The summed E-state index contributed by atoms with van der Waals surface area (Å²) in [4.78, 5) is 56.0. The zero-order valence-corrected chi connectivity index (χ0v) is 22.1. The monoisotopic (exact) mass is 581 g/mol. The van der Waals surface area contributed by atoms with E-state index < -0.39 is 18.0 Å². The van der Waals surface area contributed by atoms with Crippen molar-refractivity contribution >= 4 is 50.8 Å². The van der Waals surface area contributed by atoms with Gasteiger partial charge in [0.15, 0.2) is 5.78 Å². The third-order valence-corrected chi connectivity index (χ3v) is 7.98. The Kier molecular flexibility index (Phi) is 7.12. The molecule has 10 heteroatoms. The minimum Gasteiger partial charge on any atom is -0.508 e. The molecule has 3 aromatic rings. The summed E-state index contributed by atoms with van der Waals surface area (Å²) in [5.74, 6) is -1.08. The zero-order valence-electron chi connectivity index (χ0n) is 19.7. The summed E-state index contributed by atoms with van der Waals surface area (Å²) in [6.07, 6.45) is 0.669. The molecule has 0 saturated carbocycles. The van der Waals surface area contributed by atoms with E-state index in [0.717, 1.165) is 10.0 Å². The number of likely N-dealkylation sites (tertiary alicyclic amines) is 2. The molecule has 0 radical (unpaired) electrons. The topological polar surface area (TPSA) is 107 Å². The van der Waals surface area contributed by atoms with Gasteiger partial charge in [-0.3, -0.25) is 19.2 Å². The number of fused-ring (bicyclic) bond motifs is 1. The maximum Gasteiger partial charge on any atom is 0.255 e. The van der Waals surface area contributed by atoms with E-state index in [-0.39, 0.29) is 42.4 Å². The number of hydrogen-bond acceptors (Lipinski definition) is 6. The first kappa shape index (κ1) is 25.2. The van der Waals surface area contributed by atoms with Gasteiger partial charge in [-0.05, 0) is 53.8 Å². The van der Waals surface area contributed by atoms with Gasteiger partial charge >= 0.3 is 0 Å². The lowest BCUT2D eigenvalue weighted by atomic mass is 10.0. The third-order valence-electron chi connectivity index (χ3n) is 6.80. The number of halogens is 1. The minimum atomic E-state index is -0.941. The van der Waals surface area contributed by atoms with Crippen molar-refractivity contribution in [3.05, 3.63) is 86.5 Å². The van der Waals surface area contributed by atoms with Gasteiger partial charge < -0.3 is 20.2 Å². The van der Waals surface area contributed by atoms with Crippen LogP contribution >= 0.6 is 27.3 Å². The Morgan fingerprint density at radius 2 is 1.86 bits per heavy atom. The molecule has 2 aromatic carbocycles. The fourth-order valence-electron chi connectivity index (χ4n) is 5.03. The lowest BCUT2D eigenvalue weighted by molar-refractivity contribution is -0.138. The maximum absolute atomic E-state index is 13.8. The standard InChI is InChI=1S/C27H24BrN3O5S/c28-19-3-1-2-17(13-19)25(34)29-21(12-16-4-6-20(32)7-5-16)27(36)30-10-8-22-24(30)23(33)14-31(22)26(35)18-9-11-37-15-18/h1-7,9,11,13,15,21-22,24,32H,8,10,12,14H2,(H,29,34)/t21-,22+,24-/m0/s1. The van der Waals surface area contributed by atoms with Crippen molar-refractivity contribution in [2.45, 2.75) is 31.0 Å². The molecule has 0 aliphatic carbocycles. The Balaban J connectivity index is 1.38. The van der Waals surface area contributed by atoms with E-state index in [1.807, 2.05) is 5.38 Å². The first-order valence-corrected chi connectivity index (χ1v) is 13.6. The van der Waals surface area contributed by atoms with Crippen LogP contribution in [-0.2, 0) is 16.0 Å². The van der Waals surface area contributed by atoms with E-state index >= 15 is 0 Å². The normalized spacial score (nSPS) is 19.5. The van der Waals surface area contributed by atoms with Crippen LogP contribution in [0.1, 0.15) is 32.7 Å². The van der Waals surface area contributed by atoms with Crippen LogP contribution in [0.5, 0.6) is 5.75 Å². The van der Waals surface area contributed by atoms with Gasteiger partial charge in [0.05, 0.1) is 18.2 Å². The second-order valence-corrected chi connectivity index (χ2v) is 10.8. The molecule has 2 aliphatic rings. The summed E-state index contributed by atoms with van der Waals surface area (Å²) >= 11 is 4.77. The molecule has 37 heavy (non-hydrogen) atoms. The van der Waals surface area contributed by atoms with Gasteiger partial charge in [0.2, 0.25) is 5.91 Å². The number of Topliss-reactive ketones (excluding diaryl/α,β-unsaturated/α-hetero) is 1. The van der Waals surface area contributed by atoms with Crippen LogP contribution in [0.4, 0.5) is 0 Å². The highest BCUT2D eigenvalue weighted by Gasteiger charge is 2.52. The molecule has 3 heterocycles. The second kappa shape index (κ2) is 10.5. The Morgan fingerprint density at radius 1 is 1.08 bits per heavy atom. The predicted octanol–water partition coefficient (Wildman–Crippen LogP) is 3.25. The van der Waals surface area contributed by atoms with E-state index in [2.05, 4.69) is 21.2 Å². The summed E-state index contributed by atoms with van der Waals surface area (Å²) in [5, 5.41) is 16.1. The van der Waals surface area contributed by atoms with Crippen LogP contribution in [0.25, 0.3) is 0 Å². The average Bonchev–Trinajstić information content (AvgIpc) is 3.63. The number of benzene rings is 2. The van der Waals surface area contributed by atoms with Crippen LogP contribution < -0.4 is 5.32 Å². The van der Waals surface area contributed by atoms with E-state index in [4.69, 9.17) is 0 Å². The zero-order chi connectivity index (χ0) is 26.1. The van der Waals surface area contributed by atoms with Gasteiger partial charge in [0.25, 0.3) is 11.8 Å². The van der Waals surface area contributed by atoms with Gasteiger partial charge in [0, 0.05) is 28.4 Å². The highest BCUT2D eigenvalue weighted by molar-refractivity contribution is 9.10. The van der Waals surface area contributed by atoms with Crippen LogP contribution in [0.2, 0.25) is 0 Å². The Bertz CT molecular complexity index is 1340. The van der Waals surface area contributed by atoms with Gasteiger partial charge in [-0.2, -0.15) is 11.3 Å². The molecule has 3 amide bonds. The lowest BCUT2D eigenvalue weighted by Crippen LogP contribution is -2.53. The van der Waals surface area contributed by atoms with Crippen LogP contribution in [0.15, 0.2) is 69.8 Å². The fraction of sp³-hybridized carbons (Fsp3) is 0.259. The number of hydrogen-bond donors (Lipinski definition) is 2. The largest absolute Gasteiger partial charge is 0.508 e. The van der Waals surface area contributed by atoms with Crippen molar-refractivity contribution < 1.29 is 24.3 Å². The Hall–Kier alpha value is -3.50. The van der Waals surface area contributed by atoms with Crippen molar-refractivity contribution in [3.63, 3.8) is 0 Å². The smallest absolute Gasteiger partial charge is 0.255 e. The molecule has 3 atom stereocenters. The van der Waals surface area contributed by atoms with Crippen molar-refractivity contribution in [1.29, 1.82) is 0 Å². The van der Waals surface area contributed by atoms with E-state index in [1.165, 1.54) is 28.4 Å². The lowest BCUT2D eigenvalue weighted by Gasteiger charge is -2.28. The van der Waals surface area contributed by atoms with Crippen molar-refractivity contribution in [1.82, 2.24) is 15.1 Å². The summed E-state index contributed by atoms with van der Waals surface area (Å²) < 4.78 is 0.732. The summed E-state index contributed by atoms with van der Waals surface area (Å²) in [7, 11) is 0. The summed E-state index contributed by atoms with van der Waals surface area (Å²) in [5.41, 5.74) is 1.67. The molecule has 2 aliphatic heterocycles. The van der Waals surface area contributed by atoms with Crippen molar-refractivity contribution in [2.75, 3.05) is 13.1 Å². The number of aromatic hydroxyl groups is 1. The van der Waals surface area contributed by atoms with E-state index in [0.29, 0.717) is 24.1 Å². The molecule has 5 rings (SSSR count). The molecular weight excluding hydrogens is 558 g/mol. The molecule has 2 fully saturated rings. The molecule has 2 N–H and O–H groups in total. The van der Waals surface area contributed by atoms with Crippen LogP contribution in [-0.4, -0.2) is 69.6 Å². The maximum atomic E-state index is 13.8. The number of nitrogens with zero attached hydrogens (tertiary/aromatic N) is 2. The number of nitrogens with one attached hydrogen (secondary N) is 1. The van der Waals surface area contributed by atoms with Gasteiger partial charge in [-0.15, -0.1) is 0 Å². The number of thiophene rings is 1. The molecule has 8 nitrogen and oxygen atoms in total.